The van der Waals surface area contributed by atoms with Gasteiger partial charge in [-0.3, -0.25) is 9.69 Å². The normalized spacial score (nSPS) is 15.1. The summed E-state index contributed by atoms with van der Waals surface area (Å²) in [4.78, 5) is 26.4. The van der Waals surface area contributed by atoms with E-state index in [4.69, 9.17) is 4.74 Å². The van der Waals surface area contributed by atoms with Crippen molar-refractivity contribution in [2.45, 2.75) is 26.8 Å². The van der Waals surface area contributed by atoms with Crippen molar-refractivity contribution in [2.75, 3.05) is 26.2 Å². The van der Waals surface area contributed by atoms with E-state index in [9.17, 15) is 4.79 Å². The molecule has 1 aliphatic rings. The number of amides is 1. The topological polar surface area (TPSA) is 58.6 Å². The van der Waals surface area contributed by atoms with Crippen molar-refractivity contribution in [1.29, 1.82) is 0 Å². The molecule has 1 aliphatic heterocycles. The van der Waals surface area contributed by atoms with Gasteiger partial charge in [0.1, 0.15) is 11.3 Å². The maximum absolute atomic E-state index is 13.3. The summed E-state index contributed by atoms with van der Waals surface area (Å²) in [5.74, 6) is 0.996. The third-order valence-corrected chi connectivity index (χ3v) is 5.99. The lowest BCUT2D eigenvalue weighted by Crippen LogP contribution is -2.35. The fourth-order valence-electron chi connectivity index (χ4n) is 3.57. The van der Waals surface area contributed by atoms with Crippen molar-refractivity contribution in [1.82, 2.24) is 19.8 Å². The van der Waals surface area contributed by atoms with Crippen molar-refractivity contribution in [3.05, 3.63) is 69.8 Å². The van der Waals surface area contributed by atoms with Crippen LogP contribution < -0.4 is 4.74 Å². The highest BCUT2D eigenvalue weighted by Crippen LogP contribution is 2.25. The van der Waals surface area contributed by atoms with E-state index in [1.165, 1.54) is 0 Å². The van der Waals surface area contributed by atoms with Gasteiger partial charge in [-0.2, -0.15) is 0 Å². The zero-order valence-electron chi connectivity index (χ0n) is 17.4. The maximum atomic E-state index is 13.3. The van der Waals surface area contributed by atoms with Crippen LogP contribution in [0.1, 0.15) is 33.0 Å². The third kappa shape index (κ3) is 5.04. The molecule has 156 valence electrons. The molecule has 1 saturated heterocycles. The van der Waals surface area contributed by atoms with E-state index < -0.39 is 0 Å². The van der Waals surface area contributed by atoms with Crippen molar-refractivity contribution >= 4 is 17.2 Å². The van der Waals surface area contributed by atoms with Crippen LogP contribution in [0.5, 0.6) is 11.6 Å². The minimum Gasteiger partial charge on any atom is -0.438 e. The number of aromatic nitrogens is 2. The van der Waals surface area contributed by atoms with Gasteiger partial charge in [-0.05, 0) is 44.5 Å². The molecule has 1 fully saturated rings. The summed E-state index contributed by atoms with van der Waals surface area (Å²) in [5.41, 5.74) is 2.77. The highest BCUT2D eigenvalue weighted by molar-refractivity contribution is 7.09. The van der Waals surface area contributed by atoms with E-state index in [-0.39, 0.29) is 5.91 Å². The molecular formula is C23H26N4O2S. The first-order chi connectivity index (χ1) is 14.6. The monoisotopic (exact) mass is 422 g/mol. The first-order valence-electron chi connectivity index (χ1n) is 10.2. The van der Waals surface area contributed by atoms with Crippen LogP contribution in [0.4, 0.5) is 0 Å². The lowest BCUT2D eigenvalue weighted by atomic mass is 10.2. The Bertz CT molecular complexity index is 1000. The van der Waals surface area contributed by atoms with Crippen molar-refractivity contribution in [3.8, 4) is 11.6 Å². The third-order valence-electron chi connectivity index (χ3n) is 5.16. The molecule has 1 amide bonds. The predicted molar refractivity (Wildman–Crippen MR) is 118 cm³/mol. The molecule has 0 atom stereocenters. The lowest BCUT2D eigenvalue weighted by Gasteiger charge is -2.22. The Morgan fingerprint density at radius 3 is 2.70 bits per heavy atom. The fraction of sp³-hybridized carbons (Fsp3) is 0.348. The van der Waals surface area contributed by atoms with Crippen LogP contribution in [-0.2, 0) is 6.54 Å². The maximum Gasteiger partial charge on any atom is 0.259 e. The number of aryl methyl sites for hydroxylation is 2. The van der Waals surface area contributed by atoms with Crippen LogP contribution in [0.25, 0.3) is 0 Å². The molecule has 4 rings (SSSR count). The number of nitrogens with zero attached hydrogens (tertiary/aromatic N) is 4. The molecule has 0 radical (unpaired) electrons. The Balaban J connectivity index is 1.43. The number of pyridine rings is 1. The summed E-state index contributed by atoms with van der Waals surface area (Å²) in [6.45, 7) is 8.09. The molecule has 7 heteroatoms. The number of thiazole rings is 1. The van der Waals surface area contributed by atoms with Gasteiger partial charge in [-0.1, -0.05) is 17.7 Å². The van der Waals surface area contributed by atoms with Crippen LogP contribution in [0.15, 0.2) is 48.0 Å². The van der Waals surface area contributed by atoms with Crippen molar-refractivity contribution < 1.29 is 9.53 Å². The van der Waals surface area contributed by atoms with Crippen LogP contribution in [0, 0.1) is 13.8 Å². The number of benzene rings is 1. The fourth-order valence-corrected chi connectivity index (χ4v) is 4.17. The van der Waals surface area contributed by atoms with Gasteiger partial charge in [0.15, 0.2) is 0 Å². The average molecular weight is 423 g/mol. The SMILES string of the molecule is Cc1ccc(Oc2ncccc2C(=O)N2CCCN(Cc3csc(C)n3)CC2)cc1. The Hall–Kier alpha value is -2.77. The van der Waals surface area contributed by atoms with E-state index in [1.54, 1.807) is 29.7 Å². The molecule has 2 aromatic heterocycles. The number of ether oxygens (including phenoxy) is 1. The molecule has 6 nitrogen and oxygen atoms in total. The van der Waals surface area contributed by atoms with Gasteiger partial charge < -0.3 is 9.64 Å². The first kappa shape index (κ1) is 20.5. The molecule has 0 bridgehead atoms. The highest BCUT2D eigenvalue weighted by atomic mass is 32.1. The van der Waals surface area contributed by atoms with Gasteiger partial charge in [-0.15, -0.1) is 11.3 Å². The van der Waals surface area contributed by atoms with Gasteiger partial charge in [0.2, 0.25) is 5.88 Å². The molecule has 0 spiro atoms. The van der Waals surface area contributed by atoms with Crippen LogP contribution in [-0.4, -0.2) is 51.9 Å². The number of hydrogen-bond acceptors (Lipinski definition) is 6. The second-order valence-corrected chi connectivity index (χ2v) is 8.61. The standard InChI is InChI=1S/C23H26N4O2S/c1-17-6-8-20(9-7-17)29-22-21(5-3-10-24-22)23(28)27-12-4-11-26(13-14-27)15-19-16-30-18(2)25-19/h3,5-10,16H,4,11-15H2,1-2H3. The predicted octanol–water partition coefficient (Wildman–Crippen LogP) is 4.30. The number of hydrogen-bond donors (Lipinski definition) is 0. The lowest BCUT2D eigenvalue weighted by molar-refractivity contribution is 0.0757. The smallest absolute Gasteiger partial charge is 0.259 e. The van der Waals surface area contributed by atoms with E-state index in [0.717, 1.165) is 48.9 Å². The van der Waals surface area contributed by atoms with E-state index >= 15 is 0 Å². The first-order valence-corrected chi connectivity index (χ1v) is 11.1. The van der Waals surface area contributed by atoms with Gasteiger partial charge in [-0.25, -0.2) is 9.97 Å². The molecule has 30 heavy (non-hydrogen) atoms. The average Bonchev–Trinajstić information content (AvgIpc) is 3.02. The second kappa shape index (κ2) is 9.36. The van der Waals surface area contributed by atoms with Crippen LogP contribution >= 0.6 is 11.3 Å². The van der Waals surface area contributed by atoms with Gasteiger partial charge >= 0.3 is 0 Å². The molecule has 3 heterocycles. The molecule has 1 aromatic carbocycles. The summed E-state index contributed by atoms with van der Waals surface area (Å²) < 4.78 is 5.93. The minimum atomic E-state index is -0.0310. The Kier molecular flexibility index (Phi) is 6.40. The zero-order chi connectivity index (χ0) is 20.9. The Labute approximate surface area is 181 Å². The van der Waals surface area contributed by atoms with Gasteiger partial charge in [0, 0.05) is 44.3 Å². The number of rotatable bonds is 5. The summed E-state index contributed by atoms with van der Waals surface area (Å²) in [6.07, 6.45) is 2.59. The van der Waals surface area contributed by atoms with Crippen molar-refractivity contribution in [2.24, 2.45) is 0 Å². The molecule has 0 aliphatic carbocycles. The molecule has 3 aromatic rings. The Morgan fingerprint density at radius 1 is 1.10 bits per heavy atom. The van der Waals surface area contributed by atoms with Crippen LogP contribution in [0.2, 0.25) is 0 Å². The van der Waals surface area contributed by atoms with E-state index in [0.29, 0.717) is 23.7 Å². The van der Waals surface area contributed by atoms with E-state index in [2.05, 4.69) is 20.2 Å². The minimum absolute atomic E-state index is 0.0310. The summed E-state index contributed by atoms with van der Waals surface area (Å²) in [6, 6.07) is 11.3. The largest absolute Gasteiger partial charge is 0.438 e. The molecule has 0 saturated carbocycles. The highest BCUT2D eigenvalue weighted by Gasteiger charge is 2.24. The van der Waals surface area contributed by atoms with Crippen molar-refractivity contribution in [3.63, 3.8) is 0 Å². The summed E-state index contributed by atoms with van der Waals surface area (Å²) >= 11 is 1.68. The molecule has 0 unspecified atom stereocenters. The zero-order valence-corrected chi connectivity index (χ0v) is 18.2. The van der Waals surface area contributed by atoms with Gasteiger partial charge in [0.25, 0.3) is 5.91 Å². The summed E-state index contributed by atoms with van der Waals surface area (Å²) in [7, 11) is 0. The molecule has 0 N–H and O–H groups in total. The van der Waals surface area contributed by atoms with E-state index in [1.807, 2.05) is 43.0 Å². The number of carbonyl (C=O) groups is 1. The summed E-state index contributed by atoms with van der Waals surface area (Å²) in [5, 5.41) is 3.21. The molecular weight excluding hydrogens is 396 g/mol. The van der Waals surface area contributed by atoms with Crippen LogP contribution in [0.3, 0.4) is 0 Å². The second-order valence-electron chi connectivity index (χ2n) is 7.55. The Morgan fingerprint density at radius 2 is 1.93 bits per heavy atom. The number of carbonyl (C=O) groups excluding carboxylic acids is 1. The quantitative estimate of drug-likeness (QED) is 0.614. The van der Waals surface area contributed by atoms with Gasteiger partial charge in [0.05, 0.1) is 10.7 Å².